The molecule has 0 radical (unpaired) electrons. The Labute approximate surface area is 141 Å². The van der Waals surface area contributed by atoms with E-state index in [0.29, 0.717) is 28.6 Å². The number of carbonyl (C=O) groups is 1. The summed E-state index contributed by atoms with van der Waals surface area (Å²) in [6.45, 7) is 5.77. The van der Waals surface area contributed by atoms with Gasteiger partial charge in [0.05, 0.1) is 5.69 Å². The fourth-order valence-electron chi connectivity index (χ4n) is 2.22. The lowest BCUT2D eigenvalue weighted by atomic mass is 10.1. The molecule has 0 aliphatic heterocycles. The summed E-state index contributed by atoms with van der Waals surface area (Å²) in [6, 6.07) is 0. The van der Waals surface area contributed by atoms with E-state index >= 15 is 0 Å². The van der Waals surface area contributed by atoms with Crippen LogP contribution in [0.15, 0.2) is 11.1 Å². The topological polar surface area (TPSA) is 118 Å². The summed E-state index contributed by atoms with van der Waals surface area (Å²) in [5.41, 5.74) is 0.839. The first-order valence-electron chi connectivity index (χ1n) is 7.50. The SMILES string of the molecule is Cc1nc2nc[nH]n2c(=O)c1CCC(=O)Nc1nnc(C(C)C)s1. The zero-order valence-corrected chi connectivity index (χ0v) is 14.3. The first-order valence-corrected chi connectivity index (χ1v) is 8.32. The van der Waals surface area contributed by atoms with Crippen molar-refractivity contribution in [3.05, 3.63) is 32.9 Å². The molecule has 10 heteroatoms. The smallest absolute Gasteiger partial charge is 0.277 e. The van der Waals surface area contributed by atoms with Gasteiger partial charge in [-0.3, -0.25) is 14.7 Å². The Morgan fingerprint density at radius 3 is 2.92 bits per heavy atom. The number of nitrogens with zero attached hydrogens (tertiary/aromatic N) is 5. The first-order chi connectivity index (χ1) is 11.5. The third kappa shape index (κ3) is 3.18. The number of H-pyrrole nitrogens is 1. The third-order valence-corrected chi connectivity index (χ3v) is 4.65. The summed E-state index contributed by atoms with van der Waals surface area (Å²) in [7, 11) is 0. The maximum Gasteiger partial charge on any atom is 0.277 e. The van der Waals surface area contributed by atoms with Crippen LogP contribution in [0.1, 0.15) is 42.5 Å². The molecule has 9 nitrogen and oxygen atoms in total. The van der Waals surface area contributed by atoms with Crippen molar-refractivity contribution in [2.45, 2.75) is 39.5 Å². The molecular formula is C14H17N7O2S. The zero-order chi connectivity index (χ0) is 17.3. The van der Waals surface area contributed by atoms with Crippen LogP contribution in [0.2, 0.25) is 0 Å². The zero-order valence-electron chi connectivity index (χ0n) is 13.5. The summed E-state index contributed by atoms with van der Waals surface area (Å²) in [6.07, 6.45) is 1.86. The van der Waals surface area contributed by atoms with E-state index in [-0.39, 0.29) is 23.8 Å². The average Bonchev–Trinajstić information content (AvgIpc) is 3.16. The molecule has 0 aliphatic carbocycles. The van der Waals surface area contributed by atoms with Crippen LogP contribution in [-0.2, 0) is 11.2 Å². The maximum absolute atomic E-state index is 12.4. The number of anilines is 1. The predicted octanol–water partition coefficient (Wildman–Crippen LogP) is 1.27. The molecule has 3 aromatic rings. The number of hydrogen-bond acceptors (Lipinski definition) is 7. The van der Waals surface area contributed by atoms with Crippen molar-refractivity contribution >= 4 is 28.2 Å². The van der Waals surface area contributed by atoms with Gasteiger partial charge in [0, 0.05) is 17.9 Å². The van der Waals surface area contributed by atoms with Crippen LogP contribution in [0.4, 0.5) is 5.13 Å². The molecular weight excluding hydrogens is 330 g/mol. The fourth-order valence-corrected chi connectivity index (χ4v) is 2.98. The molecule has 3 aromatic heterocycles. The monoisotopic (exact) mass is 347 g/mol. The quantitative estimate of drug-likeness (QED) is 0.717. The fraction of sp³-hybridized carbons (Fsp3) is 0.429. The second-order valence-electron chi connectivity index (χ2n) is 5.65. The van der Waals surface area contributed by atoms with Crippen molar-refractivity contribution in [1.82, 2.24) is 29.8 Å². The van der Waals surface area contributed by atoms with E-state index in [2.05, 4.69) is 30.6 Å². The van der Waals surface area contributed by atoms with Crippen LogP contribution in [0.5, 0.6) is 0 Å². The van der Waals surface area contributed by atoms with E-state index in [1.54, 1.807) is 6.92 Å². The van der Waals surface area contributed by atoms with Crippen molar-refractivity contribution in [1.29, 1.82) is 0 Å². The summed E-state index contributed by atoms with van der Waals surface area (Å²) in [4.78, 5) is 32.6. The van der Waals surface area contributed by atoms with E-state index in [1.165, 1.54) is 22.2 Å². The molecule has 0 aliphatic rings. The number of aromatic amines is 1. The van der Waals surface area contributed by atoms with E-state index in [1.807, 2.05) is 13.8 Å². The van der Waals surface area contributed by atoms with Gasteiger partial charge >= 0.3 is 0 Å². The average molecular weight is 347 g/mol. The molecule has 0 fully saturated rings. The number of hydrogen-bond donors (Lipinski definition) is 2. The Hall–Kier alpha value is -2.62. The van der Waals surface area contributed by atoms with Crippen LogP contribution < -0.4 is 10.9 Å². The van der Waals surface area contributed by atoms with Gasteiger partial charge in [-0.25, -0.2) is 9.97 Å². The standard InChI is InChI=1S/C14H17N7O2S/c1-7(2)11-19-20-14(24-11)18-10(22)5-4-9-8(3)17-13-15-6-16-21(13)12(9)23/h6-7H,4-5H2,1-3H3,(H,15,16,17)(H,18,20,22). The molecule has 1 amide bonds. The van der Waals surface area contributed by atoms with Crippen molar-refractivity contribution in [3.8, 4) is 0 Å². The van der Waals surface area contributed by atoms with Gasteiger partial charge in [0.25, 0.3) is 11.3 Å². The minimum absolute atomic E-state index is 0.161. The van der Waals surface area contributed by atoms with Crippen molar-refractivity contribution in [2.75, 3.05) is 5.32 Å². The van der Waals surface area contributed by atoms with Gasteiger partial charge < -0.3 is 5.32 Å². The Kier molecular flexibility index (Phi) is 4.38. The molecule has 0 aromatic carbocycles. The number of rotatable bonds is 5. The molecule has 3 rings (SSSR count). The summed E-state index contributed by atoms with van der Waals surface area (Å²) < 4.78 is 1.26. The third-order valence-electron chi connectivity index (χ3n) is 3.52. The molecule has 0 spiro atoms. The van der Waals surface area contributed by atoms with Crippen molar-refractivity contribution in [2.24, 2.45) is 0 Å². The summed E-state index contributed by atoms with van der Waals surface area (Å²) >= 11 is 1.35. The van der Waals surface area contributed by atoms with E-state index < -0.39 is 0 Å². The molecule has 0 atom stereocenters. The molecule has 24 heavy (non-hydrogen) atoms. The van der Waals surface area contributed by atoms with Crippen molar-refractivity contribution < 1.29 is 4.79 Å². The predicted molar refractivity (Wildman–Crippen MR) is 89.3 cm³/mol. The van der Waals surface area contributed by atoms with Crippen LogP contribution in [0.25, 0.3) is 5.78 Å². The van der Waals surface area contributed by atoms with Gasteiger partial charge in [-0.1, -0.05) is 25.2 Å². The van der Waals surface area contributed by atoms with Gasteiger partial charge in [0.2, 0.25) is 11.0 Å². The second-order valence-corrected chi connectivity index (χ2v) is 6.66. The normalized spacial score (nSPS) is 11.3. The maximum atomic E-state index is 12.4. The lowest BCUT2D eigenvalue weighted by Crippen LogP contribution is -2.23. The van der Waals surface area contributed by atoms with E-state index in [9.17, 15) is 9.59 Å². The lowest BCUT2D eigenvalue weighted by molar-refractivity contribution is -0.116. The number of aryl methyl sites for hydroxylation is 1. The molecule has 2 N–H and O–H groups in total. The highest BCUT2D eigenvalue weighted by molar-refractivity contribution is 7.15. The van der Waals surface area contributed by atoms with E-state index in [0.717, 1.165) is 5.01 Å². The molecule has 0 bridgehead atoms. The minimum Gasteiger partial charge on any atom is -0.301 e. The molecule has 126 valence electrons. The number of amides is 1. The van der Waals surface area contributed by atoms with Crippen molar-refractivity contribution in [3.63, 3.8) is 0 Å². The number of nitrogens with one attached hydrogen (secondary N) is 2. The van der Waals surface area contributed by atoms with Crippen LogP contribution in [0.3, 0.4) is 0 Å². The Bertz CT molecular complexity index is 940. The molecule has 0 unspecified atom stereocenters. The Morgan fingerprint density at radius 1 is 1.42 bits per heavy atom. The number of carbonyl (C=O) groups excluding carboxylic acids is 1. The Morgan fingerprint density at radius 2 is 2.21 bits per heavy atom. The van der Waals surface area contributed by atoms with Gasteiger partial charge in [-0.2, -0.15) is 4.52 Å². The van der Waals surface area contributed by atoms with Crippen LogP contribution in [0, 0.1) is 6.92 Å². The highest BCUT2D eigenvalue weighted by Crippen LogP contribution is 2.22. The Balaban J connectivity index is 1.69. The highest BCUT2D eigenvalue weighted by atomic mass is 32.1. The summed E-state index contributed by atoms with van der Waals surface area (Å²) in [5.74, 6) is 0.374. The van der Waals surface area contributed by atoms with Gasteiger partial charge in [0.1, 0.15) is 11.3 Å². The molecule has 3 heterocycles. The molecule has 0 saturated carbocycles. The van der Waals surface area contributed by atoms with Crippen LogP contribution >= 0.6 is 11.3 Å². The van der Waals surface area contributed by atoms with Crippen LogP contribution in [-0.4, -0.2) is 35.7 Å². The van der Waals surface area contributed by atoms with Gasteiger partial charge in [-0.05, 0) is 13.3 Å². The lowest BCUT2D eigenvalue weighted by Gasteiger charge is -2.04. The highest BCUT2D eigenvalue weighted by Gasteiger charge is 2.14. The largest absolute Gasteiger partial charge is 0.301 e. The number of aromatic nitrogens is 6. The minimum atomic E-state index is -0.235. The molecule has 0 saturated heterocycles. The number of fused-ring (bicyclic) bond motifs is 1. The van der Waals surface area contributed by atoms with Gasteiger partial charge in [-0.15, -0.1) is 10.2 Å². The first kappa shape index (κ1) is 16.2. The summed E-state index contributed by atoms with van der Waals surface area (Å²) in [5, 5.41) is 14.7. The van der Waals surface area contributed by atoms with Gasteiger partial charge in [0.15, 0.2) is 0 Å². The second kappa shape index (κ2) is 6.48. The van der Waals surface area contributed by atoms with E-state index in [4.69, 9.17) is 0 Å².